The standard InChI is InChI=1S/C13H15BrN2OS/c1-2-16(9-5-8-15)13(17)10-18-12-7-4-3-6-11(12)14/h3-4,6-7H,2,5,9-10H2,1H3. The lowest BCUT2D eigenvalue weighted by molar-refractivity contribution is -0.128. The van der Waals surface area contributed by atoms with Crippen LogP contribution in [0.1, 0.15) is 13.3 Å². The number of carbonyl (C=O) groups is 1. The van der Waals surface area contributed by atoms with Crippen LogP contribution in [0.15, 0.2) is 33.6 Å². The molecule has 1 aromatic rings. The largest absolute Gasteiger partial charge is 0.341 e. The molecule has 0 aliphatic heterocycles. The van der Waals surface area contributed by atoms with Gasteiger partial charge in [-0.1, -0.05) is 12.1 Å². The van der Waals surface area contributed by atoms with Crippen LogP contribution in [-0.4, -0.2) is 29.6 Å². The monoisotopic (exact) mass is 326 g/mol. The summed E-state index contributed by atoms with van der Waals surface area (Å²) in [5.74, 6) is 0.482. The number of nitriles is 1. The molecule has 0 heterocycles. The molecular weight excluding hydrogens is 312 g/mol. The van der Waals surface area contributed by atoms with Crippen molar-refractivity contribution in [2.45, 2.75) is 18.2 Å². The van der Waals surface area contributed by atoms with Gasteiger partial charge in [-0.2, -0.15) is 5.26 Å². The number of carbonyl (C=O) groups excluding carboxylic acids is 1. The van der Waals surface area contributed by atoms with Crippen LogP contribution in [0.4, 0.5) is 0 Å². The molecule has 0 fully saturated rings. The highest BCUT2D eigenvalue weighted by Gasteiger charge is 2.12. The molecule has 0 unspecified atom stereocenters. The van der Waals surface area contributed by atoms with Gasteiger partial charge in [0.05, 0.1) is 18.2 Å². The fourth-order valence-corrected chi connectivity index (χ4v) is 2.91. The fraction of sp³-hybridized carbons (Fsp3) is 0.385. The maximum absolute atomic E-state index is 11.9. The molecule has 18 heavy (non-hydrogen) atoms. The summed E-state index contributed by atoms with van der Waals surface area (Å²) in [6, 6.07) is 9.90. The van der Waals surface area contributed by atoms with Crippen molar-refractivity contribution in [1.29, 1.82) is 5.26 Å². The first-order valence-corrected chi connectivity index (χ1v) is 7.49. The van der Waals surface area contributed by atoms with E-state index in [0.29, 0.717) is 25.3 Å². The second-order valence-electron chi connectivity index (χ2n) is 3.60. The van der Waals surface area contributed by atoms with Gasteiger partial charge >= 0.3 is 0 Å². The zero-order valence-electron chi connectivity index (χ0n) is 10.2. The molecular formula is C13H15BrN2OS. The summed E-state index contributed by atoms with van der Waals surface area (Å²) in [4.78, 5) is 14.7. The summed E-state index contributed by atoms with van der Waals surface area (Å²) in [5, 5.41) is 8.54. The van der Waals surface area contributed by atoms with Crippen LogP contribution >= 0.6 is 27.7 Å². The van der Waals surface area contributed by atoms with Gasteiger partial charge in [-0.15, -0.1) is 11.8 Å². The van der Waals surface area contributed by atoms with Crippen LogP contribution < -0.4 is 0 Å². The van der Waals surface area contributed by atoms with E-state index in [1.807, 2.05) is 31.2 Å². The van der Waals surface area contributed by atoms with E-state index in [2.05, 4.69) is 22.0 Å². The molecule has 0 aliphatic rings. The van der Waals surface area contributed by atoms with Crippen LogP contribution in [0.2, 0.25) is 0 Å². The summed E-state index contributed by atoms with van der Waals surface area (Å²) in [6.45, 7) is 3.10. The lowest BCUT2D eigenvalue weighted by atomic mass is 10.4. The summed E-state index contributed by atoms with van der Waals surface area (Å²) in [6.07, 6.45) is 0.388. The Kier molecular flexibility index (Phi) is 6.84. The number of nitrogens with zero attached hydrogens (tertiary/aromatic N) is 2. The molecule has 1 rings (SSSR count). The number of hydrogen-bond donors (Lipinski definition) is 0. The van der Waals surface area contributed by atoms with E-state index >= 15 is 0 Å². The molecule has 0 saturated heterocycles. The van der Waals surface area contributed by atoms with Crippen molar-refractivity contribution in [2.75, 3.05) is 18.8 Å². The normalized spacial score (nSPS) is 9.83. The highest BCUT2D eigenvalue weighted by Crippen LogP contribution is 2.27. The number of thioether (sulfide) groups is 1. The van der Waals surface area contributed by atoms with Crippen molar-refractivity contribution in [1.82, 2.24) is 4.90 Å². The van der Waals surface area contributed by atoms with E-state index in [1.54, 1.807) is 4.90 Å². The molecule has 0 N–H and O–H groups in total. The molecule has 96 valence electrons. The quantitative estimate of drug-likeness (QED) is 0.753. The molecule has 1 amide bonds. The second-order valence-corrected chi connectivity index (χ2v) is 5.47. The number of amides is 1. The van der Waals surface area contributed by atoms with Crippen molar-refractivity contribution < 1.29 is 4.79 Å². The van der Waals surface area contributed by atoms with Crippen molar-refractivity contribution in [2.24, 2.45) is 0 Å². The number of benzene rings is 1. The molecule has 0 radical (unpaired) electrons. The number of rotatable bonds is 6. The zero-order chi connectivity index (χ0) is 13.4. The highest BCUT2D eigenvalue weighted by atomic mass is 79.9. The molecule has 0 spiro atoms. The Balaban J connectivity index is 2.50. The van der Waals surface area contributed by atoms with Crippen LogP contribution in [0.5, 0.6) is 0 Å². The summed E-state index contributed by atoms with van der Waals surface area (Å²) >= 11 is 4.96. The molecule has 0 aromatic heterocycles. The topological polar surface area (TPSA) is 44.1 Å². The number of hydrogen-bond acceptors (Lipinski definition) is 3. The van der Waals surface area contributed by atoms with Crippen molar-refractivity contribution in [3.05, 3.63) is 28.7 Å². The van der Waals surface area contributed by atoms with Gasteiger partial charge in [0.1, 0.15) is 0 Å². The summed E-state index contributed by atoms with van der Waals surface area (Å²) in [7, 11) is 0. The van der Waals surface area contributed by atoms with Crippen LogP contribution in [0, 0.1) is 11.3 Å². The highest BCUT2D eigenvalue weighted by molar-refractivity contribution is 9.10. The molecule has 0 atom stereocenters. The zero-order valence-corrected chi connectivity index (χ0v) is 12.6. The van der Waals surface area contributed by atoms with Gasteiger partial charge in [-0.05, 0) is 35.0 Å². The van der Waals surface area contributed by atoms with Gasteiger partial charge in [-0.3, -0.25) is 4.79 Å². The van der Waals surface area contributed by atoms with Crippen LogP contribution in [-0.2, 0) is 4.79 Å². The smallest absolute Gasteiger partial charge is 0.232 e. The van der Waals surface area contributed by atoms with Gasteiger partial charge in [0.2, 0.25) is 5.91 Å². The minimum Gasteiger partial charge on any atom is -0.341 e. The van der Waals surface area contributed by atoms with Crippen LogP contribution in [0.25, 0.3) is 0 Å². The van der Waals surface area contributed by atoms with Crippen molar-refractivity contribution in [3.8, 4) is 6.07 Å². The minimum atomic E-state index is 0.0773. The van der Waals surface area contributed by atoms with E-state index in [1.165, 1.54) is 11.8 Å². The van der Waals surface area contributed by atoms with E-state index in [4.69, 9.17) is 5.26 Å². The SMILES string of the molecule is CCN(CCC#N)C(=O)CSc1ccccc1Br. The third-order valence-corrected chi connectivity index (χ3v) is 4.43. The predicted molar refractivity (Wildman–Crippen MR) is 77.4 cm³/mol. The minimum absolute atomic E-state index is 0.0773. The average molecular weight is 327 g/mol. The van der Waals surface area contributed by atoms with Gasteiger partial charge in [0.25, 0.3) is 0 Å². The van der Waals surface area contributed by atoms with Gasteiger partial charge in [0.15, 0.2) is 0 Å². The summed E-state index contributed by atoms with van der Waals surface area (Å²) < 4.78 is 1.00. The Morgan fingerprint density at radius 1 is 1.50 bits per heavy atom. The third-order valence-electron chi connectivity index (χ3n) is 2.42. The Labute approximate surface area is 120 Å². The van der Waals surface area contributed by atoms with Gasteiger partial charge < -0.3 is 4.90 Å². The molecule has 0 bridgehead atoms. The van der Waals surface area contributed by atoms with Crippen molar-refractivity contribution >= 4 is 33.6 Å². The van der Waals surface area contributed by atoms with Gasteiger partial charge in [0, 0.05) is 22.5 Å². The summed E-state index contributed by atoms with van der Waals surface area (Å²) in [5.41, 5.74) is 0. The number of halogens is 1. The second kappa shape index (κ2) is 8.17. The Morgan fingerprint density at radius 2 is 2.22 bits per heavy atom. The first-order chi connectivity index (χ1) is 8.69. The van der Waals surface area contributed by atoms with Crippen LogP contribution in [0.3, 0.4) is 0 Å². The maximum atomic E-state index is 11.9. The fourth-order valence-electron chi connectivity index (χ4n) is 1.44. The lowest BCUT2D eigenvalue weighted by Gasteiger charge is -2.19. The van der Waals surface area contributed by atoms with E-state index < -0.39 is 0 Å². The molecule has 0 saturated carbocycles. The Hall–Kier alpha value is -0.990. The maximum Gasteiger partial charge on any atom is 0.232 e. The first kappa shape index (κ1) is 15.1. The van der Waals surface area contributed by atoms with E-state index in [-0.39, 0.29) is 5.91 Å². The van der Waals surface area contributed by atoms with Gasteiger partial charge in [-0.25, -0.2) is 0 Å². The molecule has 0 aliphatic carbocycles. The first-order valence-electron chi connectivity index (χ1n) is 5.71. The third kappa shape index (κ3) is 4.71. The van der Waals surface area contributed by atoms with E-state index in [9.17, 15) is 4.79 Å². The Morgan fingerprint density at radius 3 is 2.83 bits per heavy atom. The molecule has 1 aromatic carbocycles. The van der Waals surface area contributed by atoms with E-state index in [0.717, 1.165) is 9.37 Å². The van der Waals surface area contributed by atoms with Crippen molar-refractivity contribution in [3.63, 3.8) is 0 Å². The predicted octanol–water partition coefficient (Wildman–Crippen LogP) is 3.30. The average Bonchev–Trinajstić information content (AvgIpc) is 2.38. The Bertz CT molecular complexity index is 445. The lowest BCUT2D eigenvalue weighted by Crippen LogP contribution is -2.33. The molecule has 5 heteroatoms. The molecule has 3 nitrogen and oxygen atoms in total.